The fourth-order valence-corrected chi connectivity index (χ4v) is 2.22. The number of carbonyl (C=O) groups excluding carboxylic acids is 1. The van der Waals surface area contributed by atoms with Crippen molar-refractivity contribution in [3.63, 3.8) is 0 Å². The normalized spacial score (nSPS) is 11.6. The Bertz CT molecular complexity index is 596. The smallest absolute Gasteiger partial charge is 0.175 e. The van der Waals surface area contributed by atoms with Crippen LogP contribution in [0.3, 0.4) is 0 Å². The van der Waals surface area contributed by atoms with E-state index in [4.69, 9.17) is 5.73 Å². The highest BCUT2D eigenvalue weighted by Crippen LogP contribution is 2.28. The van der Waals surface area contributed by atoms with E-state index in [0.717, 1.165) is 18.5 Å². The Morgan fingerprint density at radius 2 is 1.95 bits per heavy atom. The summed E-state index contributed by atoms with van der Waals surface area (Å²) in [6.07, 6.45) is 4.47. The molecule has 0 bridgehead atoms. The Morgan fingerprint density at radius 3 is 2.55 bits per heavy atom. The average Bonchev–Trinajstić information content (AvgIpc) is 2.87. The number of Topliss-reactive ketones (excluding diaryl/α,β-unsaturated/α-hetero) is 1. The maximum absolute atomic E-state index is 12.7. The van der Waals surface area contributed by atoms with Crippen LogP contribution >= 0.6 is 0 Å². The first-order chi connectivity index (χ1) is 9.45. The van der Waals surface area contributed by atoms with Crippen LogP contribution in [0.5, 0.6) is 0 Å². The molecule has 0 saturated carbocycles. The molecule has 0 unspecified atom stereocenters. The molecular weight excluding hydrogens is 250 g/mol. The molecule has 0 atom stereocenters. The lowest BCUT2D eigenvalue weighted by molar-refractivity contribution is 0.0908. The van der Waals surface area contributed by atoms with Gasteiger partial charge in [0.2, 0.25) is 0 Å². The predicted molar refractivity (Wildman–Crippen MR) is 80.7 cm³/mol. The third-order valence-corrected chi connectivity index (χ3v) is 3.55. The number of aromatic nitrogens is 2. The minimum Gasteiger partial charge on any atom is -0.399 e. The van der Waals surface area contributed by atoms with Crippen molar-refractivity contribution in [3.8, 4) is 0 Å². The molecule has 0 aliphatic carbocycles. The van der Waals surface area contributed by atoms with Gasteiger partial charge in [-0.15, -0.1) is 0 Å². The molecule has 0 fully saturated rings. The van der Waals surface area contributed by atoms with Gasteiger partial charge in [0.25, 0.3) is 0 Å². The van der Waals surface area contributed by atoms with Crippen molar-refractivity contribution in [2.75, 3.05) is 5.73 Å². The van der Waals surface area contributed by atoms with E-state index >= 15 is 0 Å². The molecule has 4 nitrogen and oxygen atoms in total. The van der Waals surface area contributed by atoms with Gasteiger partial charge < -0.3 is 5.73 Å². The summed E-state index contributed by atoms with van der Waals surface area (Å²) in [6.45, 7) is 6.77. The number of ketones is 1. The highest BCUT2D eigenvalue weighted by atomic mass is 16.1. The van der Waals surface area contributed by atoms with Gasteiger partial charge in [0, 0.05) is 18.4 Å². The van der Waals surface area contributed by atoms with Gasteiger partial charge in [-0.3, -0.25) is 9.48 Å². The Morgan fingerprint density at radius 1 is 1.30 bits per heavy atom. The van der Waals surface area contributed by atoms with Crippen LogP contribution in [-0.4, -0.2) is 15.6 Å². The van der Waals surface area contributed by atoms with Gasteiger partial charge in [-0.05, 0) is 38.0 Å². The third-order valence-electron chi connectivity index (χ3n) is 3.55. The van der Waals surface area contributed by atoms with Crippen molar-refractivity contribution in [1.82, 2.24) is 9.78 Å². The number of benzene rings is 1. The molecule has 1 aromatic carbocycles. The van der Waals surface area contributed by atoms with Gasteiger partial charge in [-0.1, -0.05) is 19.1 Å². The number of nitrogens with zero attached hydrogens (tertiary/aromatic N) is 2. The second kappa shape index (κ2) is 5.49. The Labute approximate surface area is 119 Å². The summed E-state index contributed by atoms with van der Waals surface area (Å²) >= 11 is 0. The quantitative estimate of drug-likeness (QED) is 0.671. The van der Waals surface area contributed by atoms with Crippen LogP contribution < -0.4 is 5.73 Å². The maximum atomic E-state index is 12.7. The van der Waals surface area contributed by atoms with Crippen LogP contribution in [0.25, 0.3) is 0 Å². The molecule has 2 aromatic rings. The number of carbonyl (C=O) groups is 1. The van der Waals surface area contributed by atoms with E-state index in [1.54, 1.807) is 6.20 Å². The molecule has 4 heteroatoms. The van der Waals surface area contributed by atoms with Crippen LogP contribution in [0, 0.1) is 0 Å². The predicted octanol–water partition coefficient (Wildman–Crippen LogP) is 3.04. The van der Waals surface area contributed by atoms with E-state index in [9.17, 15) is 4.79 Å². The lowest BCUT2D eigenvalue weighted by atomic mass is 9.78. The summed E-state index contributed by atoms with van der Waals surface area (Å²) in [4.78, 5) is 12.7. The Balaban J connectivity index is 2.27. The van der Waals surface area contributed by atoms with Gasteiger partial charge in [-0.25, -0.2) is 0 Å². The van der Waals surface area contributed by atoms with Gasteiger partial charge in [0.1, 0.15) is 0 Å². The first kappa shape index (κ1) is 14.3. The van der Waals surface area contributed by atoms with Crippen LogP contribution in [0.4, 0.5) is 5.69 Å². The fraction of sp³-hybridized carbons (Fsp3) is 0.375. The lowest BCUT2D eigenvalue weighted by Gasteiger charge is -2.23. The molecule has 0 saturated heterocycles. The summed E-state index contributed by atoms with van der Waals surface area (Å²) in [5.41, 5.74) is 7.42. The van der Waals surface area contributed by atoms with Crippen LogP contribution in [-0.2, 0) is 12.0 Å². The third kappa shape index (κ3) is 2.74. The number of nitrogen functional groups attached to an aromatic ring is 1. The molecule has 2 N–H and O–H groups in total. The number of anilines is 1. The van der Waals surface area contributed by atoms with E-state index in [2.05, 4.69) is 12.0 Å². The highest BCUT2D eigenvalue weighted by Gasteiger charge is 2.31. The second-order valence-electron chi connectivity index (χ2n) is 5.57. The largest absolute Gasteiger partial charge is 0.399 e. The minimum absolute atomic E-state index is 0.0737. The minimum atomic E-state index is -0.590. The van der Waals surface area contributed by atoms with Crippen molar-refractivity contribution in [1.29, 1.82) is 0 Å². The first-order valence-corrected chi connectivity index (χ1v) is 6.88. The number of nitrogens with two attached hydrogens (primary N) is 1. The zero-order chi connectivity index (χ0) is 14.8. The lowest BCUT2D eigenvalue weighted by Crippen LogP contribution is -2.28. The summed E-state index contributed by atoms with van der Waals surface area (Å²) < 4.78 is 1.81. The molecule has 0 amide bonds. The number of rotatable bonds is 5. The molecule has 0 aliphatic heterocycles. The van der Waals surface area contributed by atoms with E-state index in [-0.39, 0.29) is 5.78 Å². The molecular formula is C16H21N3O. The van der Waals surface area contributed by atoms with E-state index in [0.29, 0.717) is 11.3 Å². The van der Waals surface area contributed by atoms with E-state index in [1.165, 1.54) is 0 Å². The van der Waals surface area contributed by atoms with Crippen LogP contribution in [0.1, 0.15) is 43.1 Å². The fourth-order valence-electron chi connectivity index (χ4n) is 2.22. The monoisotopic (exact) mass is 271 g/mol. The average molecular weight is 271 g/mol. The van der Waals surface area contributed by atoms with Crippen molar-refractivity contribution in [2.24, 2.45) is 0 Å². The summed E-state index contributed by atoms with van der Waals surface area (Å²) in [6, 6.07) is 7.46. The first-order valence-electron chi connectivity index (χ1n) is 6.88. The second-order valence-corrected chi connectivity index (χ2v) is 5.57. The Kier molecular flexibility index (Phi) is 3.93. The molecule has 0 spiro atoms. The van der Waals surface area contributed by atoms with Gasteiger partial charge in [0.05, 0.1) is 17.2 Å². The van der Waals surface area contributed by atoms with Gasteiger partial charge in [0.15, 0.2) is 5.78 Å². The SMILES string of the molecule is CCCn1cc(C(=O)C(C)(C)c2ccc(N)cc2)cn1. The van der Waals surface area contributed by atoms with E-state index in [1.807, 2.05) is 49.0 Å². The topological polar surface area (TPSA) is 60.9 Å². The molecule has 1 aromatic heterocycles. The van der Waals surface area contributed by atoms with Crippen LogP contribution in [0.15, 0.2) is 36.7 Å². The van der Waals surface area contributed by atoms with Gasteiger partial charge >= 0.3 is 0 Å². The number of hydrogen-bond donors (Lipinski definition) is 1. The zero-order valence-electron chi connectivity index (χ0n) is 12.3. The zero-order valence-corrected chi connectivity index (χ0v) is 12.3. The van der Waals surface area contributed by atoms with Crippen molar-refractivity contribution in [2.45, 2.75) is 39.2 Å². The van der Waals surface area contributed by atoms with Crippen LogP contribution in [0.2, 0.25) is 0 Å². The summed E-state index contributed by atoms with van der Waals surface area (Å²) in [7, 11) is 0. The summed E-state index contributed by atoms with van der Waals surface area (Å²) in [5.74, 6) is 0.0737. The van der Waals surface area contributed by atoms with Crippen molar-refractivity contribution in [3.05, 3.63) is 47.8 Å². The molecule has 106 valence electrons. The van der Waals surface area contributed by atoms with Crippen molar-refractivity contribution < 1.29 is 4.79 Å². The number of aryl methyl sites for hydroxylation is 1. The standard InChI is InChI=1S/C16H21N3O/c1-4-9-19-11-12(10-18-19)15(20)16(2,3)13-5-7-14(17)8-6-13/h5-8,10-11H,4,9,17H2,1-3H3. The highest BCUT2D eigenvalue weighted by molar-refractivity contribution is 6.03. The molecule has 0 aliphatic rings. The molecule has 1 heterocycles. The summed E-state index contributed by atoms with van der Waals surface area (Å²) in [5, 5.41) is 4.22. The molecule has 0 radical (unpaired) electrons. The van der Waals surface area contributed by atoms with E-state index < -0.39 is 5.41 Å². The molecule has 20 heavy (non-hydrogen) atoms. The maximum Gasteiger partial charge on any atom is 0.175 e. The Hall–Kier alpha value is -2.10. The van der Waals surface area contributed by atoms with Gasteiger partial charge in [-0.2, -0.15) is 5.10 Å². The molecule has 2 rings (SSSR count). The number of hydrogen-bond acceptors (Lipinski definition) is 3. The van der Waals surface area contributed by atoms with Crippen molar-refractivity contribution >= 4 is 11.5 Å².